The van der Waals surface area contributed by atoms with Crippen LogP contribution in [0.5, 0.6) is 0 Å². The van der Waals surface area contributed by atoms with Crippen molar-refractivity contribution in [3.05, 3.63) is 29.3 Å². The maximum Gasteiger partial charge on any atom is 0.319 e. The van der Waals surface area contributed by atoms with Crippen LogP contribution in [0.2, 0.25) is 5.02 Å². The zero-order chi connectivity index (χ0) is 18.4. The highest BCUT2D eigenvalue weighted by molar-refractivity contribution is 8.00. The summed E-state index contributed by atoms with van der Waals surface area (Å²) in [5.41, 5.74) is 0. The van der Waals surface area contributed by atoms with E-state index in [1.54, 1.807) is 19.1 Å². The van der Waals surface area contributed by atoms with Gasteiger partial charge in [0.15, 0.2) is 6.61 Å². The highest BCUT2D eigenvalue weighted by atomic mass is 35.5. The van der Waals surface area contributed by atoms with Crippen LogP contribution < -0.4 is 5.32 Å². The van der Waals surface area contributed by atoms with Crippen LogP contribution in [0.3, 0.4) is 0 Å². The van der Waals surface area contributed by atoms with E-state index in [1.807, 2.05) is 12.1 Å². The quantitative estimate of drug-likeness (QED) is 0.548. The fourth-order valence-electron chi connectivity index (χ4n) is 1.93. The predicted octanol–water partition coefficient (Wildman–Crippen LogP) is 2.10. The van der Waals surface area contributed by atoms with E-state index in [0.29, 0.717) is 5.02 Å². The van der Waals surface area contributed by atoms with Crippen molar-refractivity contribution in [1.29, 1.82) is 0 Å². The topological polar surface area (TPSA) is 75.7 Å². The third-order valence-electron chi connectivity index (χ3n) is 3.55. The molecule has 8 heteroatoms. The fraction of sp³-hybridized carbons (Fsp3) is 0.471. The SMILES string of the molecule is C[C@@H](Sc1ccc(Cl)cc1)C(=O)OCC(=O)N(C)CC(=O)NC1CC1. The molecule has 0 aromatic heterocycles. The van der Waals surface area contributed by atoms with E-state index >= 15 is 0 Å². The summed E-state index contributed by atoms with van der Waals surface area (Å²) in [4.78, 5) is 37.7. The second kappa shape index (κ2) is 9.10. The number of likely N-dealkylation sites (N-methyl/N-ethyl adjacent to an activating group) is 1. The molecule has 0 unspecified atom stereocenters. The summed E-state index contributed by atoms with van der Waals surface area (Å²) in [5.74, 6) is -1.09. The molecule has 1 atom stereocenters. The minimum absolute atomic E-state index is 0.0397. The van der Waals surface area contributed by atoms with Gasteiger partial charge in [-0.05, 0) is 44.0 Å². The molecule has 1 aromatic rings. The van der Waals surface area contributed by atoms with E-state index in [-0.39, 0.29) is 25.1 Å². The van der Waals surface area contributed by atoms with Crippen LogP contribution in [-0.4, -0.2) is 54.2 Å². The van der Waals surface area contributed by atoms with Gasteiger partial charge in [0, 0.05) is 23.0 Å². The molecule has 1 N–H and O–H groups in total. The summed E-state index contributed by atoms with van der Waals surface area (Å²) >= 11 is 7.14. The van der Waals surface area contributed by atoms with Gasteiger partial charge in [0.2, 0.25) is 5.91 Å². The Morgan fingerprint density at radius 2 is 1.96 bits per heavy atom. The van der Waals surface area contributed by atoms with E-state index in [1.165, 1.54) is 23.7 Å². The van der Waals surface area contributed by atoms with Gasteiger partial charge < -0.3 is 15.0 Å². The molecule has 2 rings (SSSR count). The van der Waals surface area contributed by atoms with Crippen LogP contribution in [0.1, 0.15) is 19.8 Å². The number of thioether (sulfide) groups is 1. The first kappa shape index (κ1) is 19.6. The molecule has 1 aromatic carbocycles. The zero-order valence-corrected chi connectivity index (χ0v) is 15.7. The molecule has 2 amide bonds. The molecule has 0 aliphatic heterocycles. The molecule has 6 nitrogen and oxygen atoms in total. The van der Waals surface area contributed by atoms with Crippen molar-refractivity contribution in [3.63, 3.8) is 0 Å². The van der Waals surface area contributed by atoms with Crippen LogP contribution in [0.4, 0.5) is 0 Å². The van der Waals surface area contributed by atoms with E-state index in [2.05, 4.69) is 5.32 Å². The number of nitrogens with zero attached hydrogens (tertiary/aromatic N) is 1. The van der Waals surface area contributed by atoms with Crippen LogP contribution in [0.15, 0.2) is 29.2 Å². The summed E-state index contributed by atoms with van der Waals surface area (Å²) in [7, 11) is 1.51. The standard InChI is InChI=1S/C17H21ClN2O4S/c1-11(25-14-7-3-12(18)4-8-14)17(23)24-10-16(22)20(2)9-15(21)19-13-5-6-13/h3-4,7-8,11,13H,5-6,9-10H2,1-2H3,(H,19,21)/t11-/m1/s1. The van der Waals surface area contributed by atoms with Crippen molar-refractivity contribution in [3.8, 4) is 0 Å². The molecular weight excluding hydrogens is 364 g/mol. The summed E-state index contributed by atoms with van der Waals surface area (Å²) in [6.07, 6.45) is 1.98. The Morgan fingerprint density at radius 3 is 2.56 bits per heavy atom. The number of hydrogen-bond acceptors (Lipinski definition) is 5. The highest BCUT2D eigenvalue weighted by Crippen LogP contribution is 2.25. The number of carbonyl (C=O) groups is 3. The summed E-state index contributed by atoms with van der Waals surface area (Å²) in [5, 5.41) is 2.96. The number of benzene rings is 1. The Kier molecular flexibility index (Phi) is 7.13. The first-order valence-electron chi connectivity index (χ1n) is 7.97. The Morgan fingerprint density at radius 1 is 1.32 bits per heavy atom. The molecule has 0 spiro atoms. The van der Waals surface area contributed by atoms with Gasteiger partial charge >= 0.3 is 5.97 Å². The van der Waals surface area contributed by atoms with Crippen molar-refractivity contribution in [2.75, 3.05) is 20.2 Å². The third kappa shape index (κ3) is 6.96. The zero-order valence-electron chi connectivity index (χ0n) is 14.2. The lowest BCUT2D eigenvalue weighted by Crippen LogP contribution is -2.41. The highest BCUT2D eigenvalue weighted by Gasteiger charge is 2.25. The normalized spacial score (nSPS) is 14.5. The second-order valence-electron chi connectivity index (χ2n) is 5.91. The van der Waals surface area contributed by atoms with Crippen molar-refractivity contribution in [2.24, 2.45) is 0 Å². The van der Waals surface area contributed by atoms with Gasteiger partial charge in [-0.15, -0.1) is 11.8 Å². The van der Waals surface area contributed by atoms with Gasteiger partial charge in [0.05, 0.1) is 6.54 Å². The van der Waals surface area contributed by atoms with Gasteiger partial charge in [-0.3, -0.25) is 14.4 Å². The molecule has 1 fully saturated rings. The van der Waals surface area contributed by atoms with Crippen molar-refractivity contribution < 1.29 is 19.1 Å². The summed E-state index contributed by atoms with van der Waals surface area (Å²) in [6, 6.07) is 7.36. The predicted molar refractivity (Wildman–Crippen MR) is 96.5 cm³/mol. The number of ether oxygens (including phenoxy) is 1. The molecule has 0 bridgehead atoms. The maximum absolute atomic E-state index is 12.0. The third-order valence-corrected chi connectivity index (χ3v) is 4.89. The van der Waals surface area contributed by atoms with Gasteiger partial charge in [-0.25, -0.2) is 0 Å². The Bertz CT molecular complexity index is 634. The first-order chi connectivity index (χ1) is 11.8. The largest absolute Gasteiger partial charge is 0.455 e. The maximum atomic E-state index is 12.0. The van der Waals surface area contributed by atoms with Gasteiger partial charge in [-0.2, -0.15) is 0 Å². The smallest absolute Gasteiger partial charge is 0.319 e. The number of hydrogen-bond donors (Lipinski definition) is 1. The van der Waals surface area contributed by atoms with Gasteiger partial charge in [-0.1, -0.05) is 11.6 Å². The van der Waals surface area contributed by atoms with Crippen molar-refractivity contribution in [2.45, 2.75) is 36.0 Å². The summed E-state index contributed by atoms with van der Waals surface area (Å²) in [6.45, 7) is 1.29. The molecule has 1 aliphatic rings. The van der Waals surface area contributed by atoms with Crippen LogP contribution in [-0.2, 0) is 19.1 Å². The lowest BCUT2D eigenvalue weighted by atomic mass is 10.4. The molecule has 1 saturated carbocycles. The monoisotopic (exact) mass is 384 g/mol. The molecule has 0 radical (unpaired) electrons. The van der Waals surface area contributed by atoms with E-state index in [4.69, 9.17) is 16.3 Å². The minimum atomic E-state index is -0.482. The minimum Gasteiger partial charge on any atom is -0.455 e. The first-order valence-corrected chi connectivity index (χ1v) is 9.23. The van der Waals surface area contributed by atoms with E-state index in [9.17, 15) is 14.4 Å². The Balaban J connectivity index is 1.70. The number of rotatable bonds is 8. The number of nitrogens with one attached hydrogen (secondary N) is 1. The van der Waals surface area contributed by atoms with E-state index in [0.717, 1.165) is 17.7 Å². The molecule has 1 aliphatic carbocycles. The lowest BCUT2D eigenvalue weighted by molar-refractivity contribution is -0.151. The lowest BCUT2D eigenvalue weighted by Gasteiger charge is -2.17. The molecular formula is C17H21ClN2O4S. The van der Waals surface area contributed by atoms with Crippen molar-refractivity contribution >= 4 is 41.1 Å². The number of esters is 1. The second-order valence-corrected chi connectivity index (χ2v) is 7.76. The van der Waals surface area contributed by atoms with Crippen molar-refractivity contribution in [1.82, 2.24) is 10.2 Å². The average Bonchev–Trinajstić information content (AvgIpc) is 3.37. The summed E-state index contributed by atoms with van der Waals surface area (Å²) < 4.78 is 5.05. The van der Waals surface area contributed by atoms with Gasteiger partial charge in [0.1, 0.15) is 5.25 Å². The molecule has 0 saturated heterocycles. The average molecular weight is 385 g/mol. The van der Waals surface area contributed by atoms with Crippen LogP contribution in [0, 0.1) is 0 Å². The van der Waals surface area contributed by atoms with Crippen LogP contribution in [0.25, 0.3) is 0 Å². The van der Waals surface area contributed by atoms with E-state index < -0.39 is 17.1 Å². The Hall–Kier alpha value is -1.73. The van der Waals surface area contributed by atoms with Crippen LogP contribution >= 0.6 is 23.4 Å². The number of halogens is 1. The molecule has 25 heavy (non-hydrogen) atoms. The number of amides is 2. The van der Waals surface area contributed by atoms with Gasteiger partial charge in [0.25, 0.3) is 5.91 Å². The Labute approximate surface area is 156 Å². The number of carbonyl (C=O) groups excluding carboxylic acids is 3. The fourth-order valence-corrected chi connectivity index (χ4v) is 2.92. The molecule has 0 heterocycles. The molecule has 136 valence electrons.